The fourth-order valence-corrected chi connectivity index (χ4v) is 0.886. The number of hydrogen-bond acceptors (Lipinski definition) is 2. The van der Waals surface area contributed by atoms with Crippen molar-refractivity contribution in [2.75, 3.05) is 19.7 Å². The molecule has 0 amide bonds. The first kappa shape index (κ1) is 9.07. The van der Waals surface area contributed by atoms with E-state index in [2.05, 4.69) is 18.3 Å². The lowest BCUT2D eigenvalue weighted by Crippen LogP contribution is -2.20. The summed E-state index contributed by atoms with van der Waals surface area (Å²) in [5.41, 5.74) is 0. The van der Waals surface area contributed by atoms with Gasteiger partial charge in [-0.05, 0) is 24.7 Å². The van der Waals surface area contributed by atoms with Crippen molar-refractivity contribution in [1.82, 2.24) is 5.32 Å². The summed E-state index contributed by atoms with van der Waals surface area (Å²) in [6.45, 7) is 4.69. The van der Waals surface area contributed by atoms with Gasteiger partial charge in [-0.3, -0.25) is 0 Å². The molecule has 0 fully saturated rings. The SMILES string of the molecule is CCNCCOc1cc[c]cc1. The highest BCUT2D eigenvalue weighted by Gasteiger charge is 1.89. The molecule has 1 N–H and O–H groups in total. The molecule has 1 aromatic carbocycles. The van der Waals surface area contributed by atoms with Gasteiger partial charge in [0, 0.05) is 6.54 Å². The largest absolute Gasteiger partial charge is 0.492 e. The molecule has 0 aromatic heterocycles. The van der Waals surface area contributed by atoms with Crippen molar-refractivity contribution in [2.45, 2.75) is 6.92 Å². The van der Waals surface area contributed by atoms with Gasteiger partial charge in [0.05, 0.1) is 0 Å². The quantitative estimate of drug-likeness (QED) is 0.665. The molecule has 12 heavy (non-hydrogen) atoms. The summed E-state index contributed by atoms with van der Waals surface area (Å²) in [6, 6.07) is 10.5. The molecule has 0 bridgehead atoms. The van der Waals surface area contributed by atoms with E-state index < -0.39 is 0 Å². The fraction of sp³-hybridized carbons (Fsp3) is 0.400. The van der Waals surface area contributed by atoms with Gasteiger partial charge in [0.1, 0.15) is 12.4 Å². The number of hydrogen-bond donors (Lipinski definition) is 1. The molecular formula is C10H14NO. The lowest BCUT2D eigenvalue weighted by molar-refractivity contribution is 0.315. The molecule has 1 radical (unpaired) electrons. The molecule has 0 aliphatic carbocycles. The van der Waals surface area contributed by atoms with Crippen LogP contribution in [0.25, 0.3) is 0 Å². The van der Waals surface area contributed by atoms with E-state index in [1.54, 1.807) is 0 Å². The van der Waals surface area contributed by atoms with Gasteiger partial charge in [0.25, 0.3) is 0 Å². The van der Waals surface area contributed by atoms with Gasteiger partial charge >= 0.3 is 0 Å². The highest BCUT2D eigenvalue weighted by molar-refractivity contribution is 5.20. The van der Waals surface area contributed by atoms with Gasteiger partial charge in [0.15, 0.2) is 0 Å². The van der Waals surface area contributed by atoms with E-state index in [9.17, 15) is 0 Å². The van der Waals surface area contributed by atoms with Crippen LogP contribution in [0.15, 0.2) is 24.3 Å². The zero-order chi connectivity index (χ0) is 8.65. The molecule has 65 valence electrons. The number of ether oxygens (including phenoxy) is 1. The van der Waals surface area contributed by atoms with E-state index in [1.165, 1.54) is 0 Å². The summed E-state index contributed by atoms with van der Waals surface area (Å²) >= 11 is 0. The fourth-order valence-electron chi connectivity index (χ4n) is 0.886. The molecule has 0 aliphatic heterocycles. The number of rotatable bonds is 5. The van der Waals surface area contributed by atoms with Crippen LogP contribution in [0.5, 0.6) is 5.75 Å². The van der Waals surface area contributed by atoms with Crippen LogP contribution in [-0.4, -0.2) is 19.7 Å². The second-order valence-electron chi connectivity index (χ2n) is 2.44. The number of benzene rings is 1. The molecule has 0 unspecified atom stereocenters. The Bertz CT molecular complexity index is 198. The van der Waals surface area contributed by atoms with Crippen LogP contribution in [0.1, 0.15) is 6.92 Å². The van der Waals surface area contributed by atoms with Crippen molar-refractivity contribution in [3.63, 3.8) is 0 Å². The second kappa shape index (κ2) is 5.61. The van der Waals surface area contributed by atoms with Gasteiger partial charge in [-0.15, -0.1) is 0 Å². The number of nitrogens with one attached hydrogen (secondary N) is 1. The van der Waals surface area contributed by atoms with Crippen molar-refractivity contribution in [1.29, 1.82) is 0 Å². The van der Waals surface area contributed by atoms with E-state index in [0.29, 0.717) is 0 Å². The third-order valence-corrected chi connectivity index (χ3v) is 1.49. The summed E-state index contributed by atoms with van der Waals surface area (Å²) < 4.78 is 5.43. The van der Waals surface area contributed by atoms with Crippen LogP contribution in [0.2, 0.25) is 0 Å². The molecule has 0 spiro atoms. The average Bonchev–Trinajstić information content (AvgIpc) is 2.14. The maximum Gasteiger partial charge on any atom is 0.119 e. The standard InChI is InChI=1S/C10H14NO/c1-2-11-8-9-12-10-6-4-3-5-7-10/h4-7,11H,2,8-9H2,1H3. The maximum absolute atomic E-state index is 5.43. The zero-order valence-corrected chi connectivity index (χ0v) is 7.34. The first-order valence-electron chi connectivity index (χ1n) is 4.23. The van der Waals surface area contributed by atoms with Crippen LogP contribution in [0.4, 0.5) is 0 Å². The van der Waals surface area contributed by atoms with E-state index in [0.717, 1.165) is 25.4 Å². The van der Waals surface area contributed by atoms with Gasteiger partial charge < -0.3 is 10.1 Å². The monoisotopic (exact) mass is 164 g/mol. The maximum atomic E-state index is 5.43. The normalized spacial score (nSPS) is 9.75. The van der Waals surface area contributed by atoms with Crippen LogP contribution >= 0.6 is 0 Å². The Balaban J connectivity index is 2.16. The Morgan fingerprint density at radius 3 is 2.83 bits per heavy atom. The van der Waals surface area contributed by atoms with Crippen LogP contribution in [0.3, 0.4) is 0 Å². The average molecular weight is 164 g/mol. The van der Waals surface area contributed by atoms with Gasteiger partial charge in [-0.2, -0.15) is 0 Å². The van der Waals surface area contributed by atoms with E-state index in [1.807, 2.05) is 24.3 Å². The molecular weight excluding hydrogens is 150 g/mol. The summed E-state index contributed by atoms with van der Waals surface area (Å²) in [5, 5.41) is 3.19. The van der Waals surface area contributed by atoms with Crippen molar-refractivity contribution in [3.8, 4) is 5.75 Å². The highest BCUT2D eigenvalue weighted by atomic mass is 16.5. The molecule has 0 aliphatic rings. The Labute approximate surface area is 73.6 Å². The molecule has 0 atom stereocenters. The third kappa shape index (κ3) is 3.39. The van der Waals surface area contributed by atoms with E-state index in [-0.39, 0.29) is 0 Å². The van der Waals surface area contributed by atoms with Gasteiger partial charge in [0.2, 0.25) is 0 Å². The molecule has 0 heterocycles. The minimum Gasteiger partial charge on any atom is -0.492 e. The lowest BCUT2D eigenvalue weighted by Gasteiger charge is -2.05. The minimum absolute atomic E-state index is 0.720. The predicted molar refractivity (Wildman–Crippen MR) is 49.3 cm³/mol. The van der Waals surface area contributed by atoms with Crippen LogP contribution < -0.4 is 10.1 Å². The Hall–Kier alpha value is -1.02. The van der Waals surface area contributed by atoms with Crippen LogP contribution in [-0.2, 0) is 0 Å². The van der Waals surface area contributed by atoms with Crippen molar-refractivity contribution in [2.24, 2.45) is 0 Å². The smallest absolute Gasteiger partial charge is 0.119 e. The molecule has 1 rings (SSSR count). The molecule has 0 saturated carbocycles. The molecule has 0 saturated heterocycles. The second-order valence-corrected chi connectivity index (χ2v) is 2.44. The first-order valence-corrected chi connectivity index (χ1v) is 4.23. The van der Waals surface area contributed by atoms with Crippen molar-refractivity contribution < 1.29 is 4.74 Å². The molecule has 2 heteroatoms. The topological polar surface area (TPSA) is 21.3 Å². The predicted octanol–water partition coefficient (Wildman–Crippen LogP) is 1.48. The van der Waals surface area contributed by atoms with Gasteiger partial charge in [-0.25, -0.2) is 0 Å². The lowest BCUT2D eigenvalue weighted by atomic mass is 10.3. The van der Waals surface area contributed by atoms with Gasteiger partial charge in [-0.1, -0.05) is 19.1 Å². The van der Waals surface area contributed by atoms with Crippen molar-refractivity contribution >= 4 is 0 Å². The van der Waals surface area contributed by atoms with Crippen LogP contribution in [0, 0.1) is 6.07 Å². The molecule has 2 nitrogen and oxygen atoms in total. The first-order chi connectivity index (χ1) is 5.93. The van der Waals surface area contributed by atoms with E-state index in [4.69, 9.17) is 4.74 Å². The Morgan fingerprint density at radius 2 is 2.17 bits per heavy atom. The number of likely N-dealkylation sites (N-methyl/N-ethyl adjacent to an activating group) is 1. The Morgan fingerprint density at radius 1 is 1.42 bits per heavy atom. The summed E-state index contributed by atoms with van der Waals surface area (Å²) in [4.78, 5) is 0. The minimum atomic E-state index is 0.720. The van der Waals surface area contributed by atoms with E-state index >= 15 is 0 Å². The molecule has 1 aromatic rings. The zero-order valence-electron chi connectivity index (χ0n) is 7.34. The third-order valence-electron chi connectivity index (χ3n) is 1.49. The summed E-state index contributed by atoms with van der Waals surface area (Å²) in [6.07, 6.45) is 0. The Kier molecular flexibility index (Phi) is 4.24. The summed E-state index contributed by atoms with van der Waals surface area (Å²) in [7, 11) is 0. The summed E-state index contributed by atoms with van der Waals surface area (Å²) in [5.74, 6) is 0.909. The van der Waals surface area contributed by atoms with Crippen molar-refractivity contribution in [3.05, 3.63) is 30.3 Å². The highest BCUT2D eigenvalue weighted by Crippen LogP contribution is 2.06.